The van der Waals surface area contributed by atoms with Gasteiger partial charge in [0, 0.05) is 16.1 Å². The first-order valence-corrected chi connectivity index (χ1v) is 7.62. The Kier molecular flexibility index (Phi) is 6.02. The van der Waals surface area contributed by atoms with Crippen LogP contribution < -0.4 is 5.32 Å². The van der Waals surface area contributed by atoms with Crippen LogP contribution in [0.1, 0.15) is 51.6 Å². The average Bonchev–Trinajstić information content (AvgIpc) is 2.39. The van der Waals surface area contributed by atoms with Crippen molar-refractivity contribution >= 4 is 21.9 Å². The summed E-state index contributed by atoms with van der Waals surface area (Å²) in [4.78, 5) is 11.5. The molecule has 0 fully saturated rings. The molecule has 0 radical (unpaired) electrons. The molecule has 0 aliphatic carbocycles. The van der Waals surface area contributed by atoms with Crippen LogP contribution in [0.15, 0.2) is 22.7 Å². The number of aromatic hydroxyl groups is 1. The highest BCUT2D eigenvalue weighted by molar-refractivity contribution is 9.10. The maximum absolute atomic E-state index is 11.5. The molecular weight excluding hydrogens is 322 g/mol. The average molecular weight is 344 g/mol. The van der Waals surface area contributed by atoms with Crippen molar-refractivity contribution in [3.63, 3.8) is 0 Å². The van der Waals surface area contributed by atoms with E-state index >= 15 is 0 Å². The van der Waals surface area contributed by atoms with E-state index in [1.807, 2.05) is 19.9 Å². The summed E-state index contributed by atoms with van der Waals surface area (Å²) in [5.74, 6) is -0.691. The molecule has 0 spiro atoms. The third-order valence-corrected chi connectivity index (χ3v) is 3.98. The molecule has 2 atom stereocenters. The quantitative estimate of drug-likeness (QED) is 0.703. The molecule has 20 heavy (non-hydrogen) atoms. The fourth-order valence-electron chi connectivity index (χ4n) is 2.33. The second-order valence-corrected chi connectivity index (χ2v) is 6.11. The number of nitrogens with one attached hydrogen (secondary N) is 1. The zero-order valence-electron chi connectivity index (χ0n) is 12.1. The van der Waals surface area contributed by atoms with Crippen molar-refractivity contribution in [1.29, 1.82) is 0 Å². The minimum Gasteiger partial charge on any atom is -0.508 e. The number of benzene rings is 1. The third kappa shape index (κ3) is 3.96. The maximum Gasteiger partial charge on any atom is 0.323 e. The molecule has 5 heteroatoms. The first kappa shape index (κ1) is 17.0. The van der Waals surface area contributed by atoms with Gasteiger partial charge in [0.1, 0.15) is 11.3 Å². The van der Waals surface area contributed by atoms with E-state index in [-0.39, 0.29) is 11.8 Å². The van der Waals surface area contributed by atoms with Gasteiger partial charge in [-0.2, -0.15) is 0 Å². The van der Waals surface area contributed by atoms with E-state index in [0.717, 1.165) is 10.9 Å². The zero-order valence-corrected chi connectivity index (χ0v) is 13.7. The highest BCUT2D eigenvalue weighted by Gasteiger charge is 2.34. The molecule has 2 unspecified atom stereocenters. The molecule has 4 nitrogen and oxygen atoms in total. The van der Waals surface area contributed by atoms with E-state index in [1.54, 1.807) is 19.1 Å². The molecule has 112 valence electrons. The normalized spacial score (nSPS) is 15.6. The molecule has 1 aromatic carbocycles. The van der Waals surface area contributed by atoms with Crippen LogP contribution in [0.5, 0.6) is 5.75 Å². The lowest BCUT2D eigenvalue weighted by atomic mass is 9.92. The van der Waals surface area contributed by atoms with Gasteiger partial charge in [-0.1, -0.05) is 36.2 Å². The van der Waals surface area contributed by atoms with Gasteiger partial charge in [0.25, 0.3) is 0 Å². The van der Waals surface area contributed by atoms with Crippen molar-refractivity contribution in [3.8, 4) is 5.75 Å². The molecule has 0 aliphatic heterocycles. The fraction of sp³-hybridized carbons (Fsp3) is 0.533. The van der Waals surface area contributed by atoms with Gasteiger partial charge in [-0.25, -0.2) is 0 Å². The number of phenols is 1. The molecule has 3 N–H and O–H groups in total. The van der Waals surface area contributed by atoms with E-state index in [2.05, 4.69) is 21.2 Å². The molecule has 0 bridgehead atoms. The summed E-state index contributed by atoms with van der Waals surface area (Å²) in [5.41, 5.74) is -0.282. The minimum atomic E-state index is -0.996. The number of phenolic OH excluding ortho intramolecular Hbond substituents is 1. The highest BCUT2D eigenvalue weighted by Crippen LogP contribution is 2.31. The molecule has 1 aromatic rings. The van der Waals surface area contributed by atoms with Crippen LogP contribution in [0.2, 0.25) is 0 Å². The van der Waals surface area contributed by atoms with Gasteiger partial charge in [0.2, 0.25) is 0 Å². The lowest BCUT2D eigenvalue weighted by molar-refractivity contribution is -0.145. The molecule has 0 aromatic heterocycles. The molecular formula is C15H22BrNO3. The third-order valence-electron chi connectivity index (χ3n) is 3.49. The second kappa shape index (κ2) is 7.09. The Morgan fingerprint density at radius 3 is 2.60 bits per heavy atom. The molecule has 0 saturated carbocycles. The molecule has 0 aliphatic rings. The van der Waals surface area contributed by atoms with Crippen molar-refractivity contribution < 1.29 is 15.0 Å². The van der Waals surface area contributed by atoms with Crippen LogP contribution in [0.4, 0.5) is 0 Å². The standard InChI is InChI=1S/C15H22BrNO3/c1-4-8-15(3,14(19)20)17-12(5-2)11-9-10(16)6-7-13(11)18/h6-7,9,12,17-18H,4-5,8H2,1-3H3,(H,19,20). The van der Waals surface area contributed by atoms with Crippen LogP contribution in [0.25, 0.3) is 0 Å². The SMILES string of the molecule is CCCC(C)(NC(CC)c1cc(Br)ccc1O)C(=O)O. The van der Waals surface area contributed by atoms with Crippen molar-refractivity contribution in [2.45, 2.75) is 51.6 Å². The van der Waals surface area contributed by atoms with Gasteiger partial charge in [-0.15, -0.1) is 0 Å². The summed E-state index contributed by atoms with van der Waals surface area (Å²) in [5, 5.41) is 22.6. The first-order chi connectivity index (χ1) is 9.34. The summed E-state index contributed by atoms with van der Waals surface area (Å²) >= 11 is 3.38. The lowest BCUT2D eigenvalue weighted by Crippen LogP contribution is -2.50. The van der Waals surface area contributed by atoms with Crippen molar-refractivity contribution in [2.75, 3.05) is 0 Å². The predicted molar refractivity (Wildman–Crippen MR) is 82.9 cm³/mol. The summed E-state index contributed by atoms with van der Waals surface area (Å²) in [7, 11) is 0. The van der Waals surface area contributed by atoms with Crippen LogP contribution in [0, 0.1) is 0 Å². The fourth-order valence-corrected chi connectivity index (χ4v) is 2.71. The van der Waals surface area contributed by atoms with Crippen LogP contribution in [-0.4, -0.2) is 21.7 Å². The van der Waals surface area contributed by atoms with Crippen LogP contribution >= 0.6 is 15.9 Å². The summed E-state index contributed by atoms with van der Waals surface area (Å²) in [6.07, 6.45) is 2.00. The van der Waals surface area contributed by atoms with Gasteiger partial charge in [-0.3, -0.25) is 10.1 Å². The van der Waals surface area contributed by atoms with Crippen LogP contribution in [0.3, 0.4) is 0 Å². The lowest BCUT2D eigenvalue weighted by Gasteiger charge is -2.31. The molecule has 0 saturated heterocycles. The van der Waals surface area contributed by atoms with E-state index in [9.17, 15) is 15.0 Å². The van der Waals surface area contributed by atoms with Crippen molar-refractivity contribution in [2.24, 2.45) is 0 Å². The smallest absolute Gasteiger partial charge is 0.323 e. The zero-order chi connectivity index (χ0) is 15.3. The Morgan fingerprint density at radius 2 is 2.10 bits per heavy atom. The predicted octanol–water partition coefficient (Wildman–Crippen LogP) is 3.84. The summed E-state index contributed by atoms with van der Waals surface area (Å²) in [6.45, 7) is 5.61. The van der Waals surface area contributed by atoms with E-state index in [1.165, 1.54) is 0 Å². The Morgan fingerprint density at radius 1 is 1.45 bits per heavy atom. The minimum absolute atomic E-state index is 0.178. The number of aliphatic carboxylic acids is 1. The first-order valence-electron chi connectivity index (χ1n) is 6.83. The monoisotopic (exact) mass is 343 g/mol. The van der Waals surface area contributed by atoms with Crippen molar-refractivity contribution in [1.82, 2.24) is 5.32 Å². The Hall–Kier alpha value is -1.07. The Labute approximate surface area is 128 Å². The van der Waals surface area contributed by atoms with Gasteiger partial charge in [-0.05, 0) is 38.0 Å². The van der Waals surface area contributed by atoms with Gasteiger partial charge < -0.3 is 10.2 Å². The second-order valence-electron chi connectivity index (χ2n) is 5.20. The van der Waals surface area contributed by atoms with E-state index < -0.39 is 11.5 Å². The summed E-state index contributed by atoms with van der Waals surface area (Å²) in [6, 6.07) is 4.99. The number of carboxylic acids is 1. The number of halogens is 1. The van der Waals surface area contributed by atoms with Gasteiger partial charge in [0.15, 0.2) is 0 Å². The number of carboxylic acid groups (broad SMARTS) is 1. The molecule has 1 rings (SSSR count). The largest absolute Gasteiger partial charge is 0.508 e. The topological polar surface area (TPSA) is 69.6 Å². The Balaban J connectivity index is 3.07. The number of hydrogen-bond donors (Lipinski definition) is 3. The summed E-state index contributed by atoms with van der Waals surface area (Å²) < 4.78 is 0.859. The van der Waals surface area contributed by atoms with E-state index in [4.69, 9.17) is 0 Å². The molecule has 0 amide bonds. The van der Waals surface area contributed by atoms with Crippen LogP contribution in [-0.2, 0) is 4.79 Å². The Bertz CT molecular complexity index is 478. The maximum atomic E-state index is 11.5. The van der Waals surface area contributed by atoms with Gasteiger partial charge >= 0.3 is 5.97 Å². The van der Waals surface area contributed by atoms with E-state index in [0.29, 0.717) is 18.4 Å². The number of hydrogen-bond acceptors (Lipinski definition) is 3. The van der Waals surface area contributed by atoms with Gasteiger partial charge in [0.05, 0.1) is 0 Å². The number of rotatable bonds is 7. The number of carbonyl (C=O) groups is 1. The highest BCUT2D eigenvalue weighted by atomic mass is 79.9. The molecule has 0 heterocycles. The van der Waals surface area contributed by atoms with Crippen molar-refractivity contribution in [3.05, 3.63) is 28.2 Å².